The highest BCUT2D eigenvalue weighted by Crippen LogP contribution is 2.17. The Morgan fingerprint density at radius 2 is 2.10 bits per heavy atom. The molecular formula is C12H10N2O6. The highest BCUT2D eigenvalue weighted by atomic mass is 16.7. The lowest BCUT2D eigenvalue weighted by molar-refractivity contribution is -0.384. The van der Waals surface area contributed by atoms with Gasteiger partial charge in [0, 0.05) is 18.2 Å². The number of carbonyl (C=O) groups excluding carboxylic acids is 1. The van der Waals surface area contributed by atoms with Crippen molar-refractivity contribution in [2.24, 2.45) is 0 Å². The van der Waals surface area contributed by atoms with Gasteiger partial charge in [-0.2, -0.15) is 0 Å². The minimum Gasteiger partial charge on any atom is -0.427 e. The monoisotopic (exact) mass is 278 g/mol. The molecule has 2 aromatic rings. The number of hydrogen-bond donors (Lipinski definition) is 0. The molecule has 0 saturated carbocycles. The zero-order chi connectivity index (χ0) is 14.5. The van der Waals surface area contributed by atoms with Crippen molar-refractivity contribution in [2.75, 3.05) is 0 Å². The number of benzene rings is 1. The molecule has 8 heteroatoms. The molecule has 0 atom stereocenters. The number of ether oxygens (including phenoxy) is 2. The molecule has 20 heavy (non-hydrogen) atoms. The van der Waals surface area contributed by atoms with Crippen molar-refractivity contribution in [3.63, 3.8) is 0 Å². The second kappa shape index (κ2) is 5.83. The fourth-order valence-electron chi connectivity index (χ4n) is 1.38. The van der Waals surface area contributed by atoms with E-state index < -0.39 is 11.1 Å². The van der Waals surface area contributed by atoms with Gasteiger partial charge in [-0.1, -0.05) is 5.16 Å². The van der Waals surface area contributed by atoms with Gasteiger partial charge in [-0.15, -0.1) is 0 Å². The normalized spacial score (nSPS) is 10.1. The average molecular weight is 278 g/mol. The SMILES string of the molecule is Cc1cc(COC(=O)Oc2ccc([N+](=O)[O-])cc2)no1. The summed E-state index contributed by atoms with van der Waals surface area (Å²) in [6.07, 6.45) is -0.931. The lowest BCUT2D eigenvalue weighted by atomic mass is 10.3. The maximum atomic E-state index is 11.4. The first-order valence-electron chi connectivity index (χ1n) is 5.56. The maximum absolute atomic E-state index is 11.4. The summed E-state index contributed by atoms with van der Waals surface area (Å²) in [6, 6.07) is 6.69. The quantitative estimate of drug-likeness (QED) is 0.366. The molecule has 0 aliphatic heterocycles. The average Bonchev–Trinajstić information content (AvgIpc) is 2.83. The van der Waals surface area contributed by atoms with Crippen LogP contribution in [0.5, 0.6) is 5.75 Å². The molecule has 8 nitrogen and oxygen atoms in total. The van der Waals surface area contributed by atoms with E-state index in [2.05, 4.69) is 5.16 Å². The van der Waals surface area contributed by atoms with Gasteiger partial charge in [0.15, 0.2) is 0 Å². The maximum Gasteiger partial charge on any atom is 0.514 e. The molecule has 0 N–H and O–H groups in total. The second-order valence-electron chi connectivity index (χ2n) is 3.82. The Bertz CT molecular complexity index is 619. The van der Waals surface area contributed by atoms with Crippen molar-refractivity contribution >= 4 is 11.8 Å². The molecule has 0 radical (unpaired) electrons. The number of nitro groups is 1. The summed E-state index contributed by atoms with van der Waals surface area (Å²) in [6.45, 7) is 1.63. The molecule has 1 aromatic heterocycles. The predicted octanol–water partition coefficient (Wildman–Crippen LogP) is 2.61. The van der Waals surface area contributed by atoms with Gasteiger partial charge in [0.05, 0.1) is 4.92 Å². The van der Waals surface area contributed by atoms with Crippen LogP contribution >= 0.6 is 0 Å². The van der Waals surface area contributed by atoms with E-state index in [1.807, 2.05) is 0 Å². The van der Waals surface area contributed by atoms with Crippen molar-refractivity contribution in [1.29, 1.82) is 0 Å². The van der Waals surface area contributed by atoms with Crippen LogP contribution in [-0.2, 0) is 11.3 Å². The largest absolute Gasteiger partial charge is 0.514 e. The van der Waals surface area contributed by atoms with E-state index >= 15 is 0 Å². The first-order valence-corrected chi connectivity index (χ1v) is 5.56. The number of nitrogens with zero attached hydrogens (tertiary/aromatic N) is 2. The van der Waals surface area contributed by atoms with Crippen LogP contribution in [0.4, 0.5) is 10.5 Å². The molecule has 2 rings (SSSR count). The number of rotatable bonds is 4. The Morgan fingerprint density at radius 3 is 2.65 bits per heavy atom. The van der Waals surface area contributed by atoms with Gasteiger partial charge in [0.1, 0.15) is 23.8 Å². The van der Waals surface area contributed by atoms with Gasteiger partial charge in [-0.05, 0) is 19.1 Å². The predicted molar refractivity (Wildman–Crippen MR) is 65.1 cm³/mol. The van der Waals surface area contributed by atoms with Crippen LogP contribution in [0, 0.1) is 17.0 Å². The smallest absolute Gasteiger partial charge is 0.427 e. The van der Waals surface area contributed by atoms with Crippen LogP contribution in [0.3, 0.4) is 0 Å². The van der Waals surface area contributed by atoms with Crippen LogP contribution in [-0.4, -0.2) is 16.2 Å². The van der Waals surface area contributed by atoms with E-state index in [1.54, 1.807) is 13.0 Å². The van der Waals surface area contributed by atoms with Crippen molar-refractivity contribution in [2.45, 2.75) is 13.5 Å². The third-order valence-electron chi connectivity index (χ3n) is 2.26. The zero-order valence-electron chi connectivity index (χ0n) is 10.4. The van der Waals surface area contributed by atoms with Gasteiger partial charge in [0.25, 0.3) is 5.69 Å². The van der Waals surface area contributed by atoms with Crippen LogP contribution in [0.25, 0.3) is 0 Å². The molecular weight excluding hydrogens is 268 g/mol. The molecule has 0 saturated heterocycles. The van der Waals surface area contributed by atoms with Crippen LogP contribution < -0.4 is 4.74 Å². The number of carbonyl (C=O) groups is 1. The zero-order valence-corrected chi connectivity index (χ0v) is 10.4. The van der Waals surface area contributed by atoms with Crippen LogP contribution in [0.2, 0.25) is 0 Å². The van der Waals surface area contributed by atoms with Crippen molar-refractivity contribution in [1.82, 2.24) is 5.16 Å². The molecule has 0 bridgehead atoms. The topological polar surface area (TPSA) is 105 Å². The van der Waals surface area contributed by atoms with Gasteiger partial charge in [0.2, 0.25) is 0 Å². The number of aryl methyl sites for hydroxylation is 1. The molecule has 0 spiro atoms. The summed E-state index contributed by atoms with van der Waals surface area (Å²) in [5.74, 6) is 0.754. The van der Waals surface area contributed by atoms with E-state index in [0.29, 0.717) is 11.5 Å². The van der Waals surface area contributed by atoms with E-state index in [9.17, 15) is 14.9 Å². The van der Waals surface area contributed by atoms with Gasteiger partial charge < -0.3 is 14.0 Å². The van der Waals surface area contributed by atoms with E-state index in [1.165, 1.54) is 24.3 Å². The van der Waals surface area contributed by atoms with Crippen molar-refractivity contribution in [3.8, 4) is 5.75 Å². The highest BCUT2D eigenvalue weighted by molar-refractivity contribution is 5.63. The molecule has 1 aromatic carbocycles. The lowest BCUT2D eigenvalue weighted by Crippen LogP contribution is -2.10. The molecule has 1 heterocycles. The lowest BCUT2D eigenvalue weighted by Gasteiger charge is -2.03. The number of non-ortho nitro benzene ring substituents is 1. The fraction of sp³-hybridized carbons (Fsp3) is 0.167. The standard InChI is InChI=1S/C12H10N2O6/c1-8-6-9(13-20-8)7-18-12(15)19-11-4-2-10(3-5-11)14(16)17/h2-6H,7H2,1H3. The first kappa shape index (κ1) is 13.5. The Labute approximate surface area is 113 Å². The molecule has 0 fully saturated rings. The third-order valence-corrected chi connectivity index (χ3v) is 2.26. The molecule has 0 aliphatic rings. The van der Waals surface area contributed by atoms with Crippen LogP contribution in [0.15, 0.2) is 34.9 Å². The van der Waals surface area contributed by atoms with Crippen molar-refractivity contribution < 1.29 is 23.7 Å². The number of aromatic nitrogens is 1. The molecule has 104 valence electrons. The molecule has 0 unspecified atom stereocenters. The Kier molecular flexibility index (Phi) is 3.94. The minimum atomic E-state index is -0.931. The second-order valence-corrected chi connectivity index (χ2v) is 3.82. The van der Waals surface area contributed by atoms with Gasteiger partial charge in [-0.25, -0.2) is 4.79 Å². The van der Waals surface area contributed by atoms with E-state index in [-0.39, 0.29) is 18.0 Å². The Hall–Kier alpha value is -2.90. The summed E-state index contributed by atoms with van der Waals surface area (Å²) in [5, 5.41) is 14.1. The summed E-state index contributed by atoms with van der Waals surface area (Å²) in [4.78, 5) is 21.3. The number of hydrogen-bond acceptors (Lipinski definition) is 7. The van der Waals surface area contributed by atoms with Gasteiger partial charge in [-0.3, -0.25) is 10.1 Å². The minimum absolute atomic E-state index is 0.0802. The highest BCUT2D eigenvalue weighted by Gasteiger charge is 2.10. The fourth-order valence-corrected chi connectivity index (χ4v) is 1.38. The Balaban J connectivity index is 1.86. The summed E-state index contributed by atoms with van der Waals surface area (Å²) >= 11 is 0. The molecule has 0 aliphatic carbocycles. The molecule has 0 amide bonds. The van der Waals surface area contributed by atoms with E-state index in [0.717, 1.165) is 0 Å². The van der Waals surface area contributed by atoms with E-state index in [4.69, 9.17) is 14.0 Å². The Morgan fingerprint density at radius 1 is 1.40 bits per heavy atom. The first-order chi connectivity index (χ1) is 9.54. The summed E-state index contributed by atoms with van der Waals surface area (Å²) < 4.78 is 14.4. The third kappa shape index (κ3) is 3.55. The van der Waals surface area contributed by atoms with Crippen LogP contribution in [0.1, 0.15) is 11.5 Å². The van der Waals surface area contributed by atoms with Crippen molar-refractivity contribution in [3.05, 3.63) is 51.9 Å². The summed E-state index contributed by atoms with van der Waals surface area (Å²) in [5.41, 5.74) is 0.368. The van der Waals surface area contributed by atoms with Gasteiger partial charge >= 0.3 is 6.16 Å². The number of nitro benzene ring substituents is 1. The summed E-state index contributed by atoms with van der Waals surface area (Å²) in [7, 11) is 0.